The molecule has 1 heterocycles. The highest BCUT2D eigenvalue weighted by Crippen LogP contribution is 2.29. The Hall–Kier alpha value is -1.20. The zero-order chi connectivity index (χ0) is 13.7. The van der Waals surface area contributed by atoms with E-state index in [-0.39, 0.29) is 23.4 Å². The normalized spacial score (nSPS) is 23.1. The van der Waals surface area contributed by atoms with Gasteiger partial charge in [-0.05, 0) is 24.7 Å². The molecule has 2 rings (SSSR count). The summed E-state index contributed by atoms with van der Waals surface area (Å²) in [6.07, 6.45) is 7.14. The third-order valence-electron chi connectivity index (χ3n) is 3.68. The fraction of sp³-hybridized carbons (Fsp3) is 0.615. The molecule has 1 amide bonds. The molecule has 0 saturated heterocycles. The quantitative estimate of drug-likeness (QED) is 0.881. The lowest BCUT2D eigenvalue weighted by Crippen LogP contribution is -2.35. The van der Waals surface area contributed by atoms with Gasteiger partial charge in [0.15, 0.2) is 0 Å². The molecule has 2 unspecified atom stereocenters. The number of halogens is 1. The van der Waals surface area contributed by atoms with E-state index < -0.39 is 0 Å². The molecule has 2 N–H and O–H groups in total. The molecule has 1 aliphatic rings. The Morgan fingerprint density at radius 1 is 1.32 bits per heavy atom. The predicted molar refractivity (Wildman–Crippen MR) is 71.9 cm³/mol. The number of aromatic nitrogens is 2. The van der Waals surface area contributed by atoms with Gasteiger partial charge in [-0.3, -0.25) is 4.79 Å². The van der Waals surface area contributed by atoms with Gasteiger partial charge in [0.05, 0.1) is 12.4 Å². The molecule has 1 aromatic rings. The lowest BCUT2D eigenvalue weighted by Gasteiger charge is -2.30. The van der Waals surface area contributed by atoms with Gasteiger partial charge >= 0.3 is 0 Å². The number of amides is 1. The molecule has 0 bridgehead atoms. The van der Waals surface area contributed by atoms with E-state index in [1.165, 1.54) is 18.8 Å². The maximum atomic E-state index is 11.9. The van der Waals surface area contributed by atoms with Gasteiger partial charge in [-0.1, -0.05) is 24.4 Å². The molecular formula is C13H18ClN3O2. The van der Waals surface area contributed by atoms with Crippen molar-refractivity contribution in [2.24, 2.45) is 11.8 Å². The molecule has 0 radical (unpaired) electrons. The standard InChI is InChI=1S/C13H18ClN3O2/c14-12-7-15-11(6-16-12)13(19)17-5-9-3-1-2-4-10(9)8-18/h6-7,9-10,18H,1-5,8H2,(H,17,19). The molecule has 1 aliphatic carbocycles. The van der Waals surface area contributed by atoms with E-state index in [1.807, 2.05) is 0 Å². The minimum Gasteiger partial charge on any atom is -0.396 e. The average molecular weight is 284 g/mol. The zero-order valence-corrected chi connectivity index (χ0v) is 11.4. The van der Waals surface area contributed by atoms with Crippen LogP contribution in [0.25, 0.3) is 0 Å². The van der Waals surface area contributed by atoms with Gasteiger partial charge in [-0.25, -0.2) is 9.97 Å². The number of aliphatic hydroxyl groups is 1. The Morgan fingerprint density at radius 2 is 2.05 bits per heavy atom. The maximum absolute atomic E-state index is 11.9. The molecule has 0 spiro atoms. The second kappa shape index (κ2) is 6.82. The summed E-state index contributed by atoms with van der Waals surface area (Å²) >= 11 is 5.62. The van der Waals surface area contributed by atoms with Crippen LogP contribution < -0.4 is 5.32 Å². The van der Waals surface area contributed by atoms with Gasteiger partial charge in [0.1, 0.15) is 10.8 Å². The summed E-state index contributed by atoms with van der Waals surface area (Å²) in [5.74, 6) is 0.403. The first-order valence-electron chi connectivity index (χ1n) is 6.57. The van der Waals surface area contributed by atoms with Crippen molar-refractivity contribution in [1.29, 1.82) is 0 Å². The van der Waals surface area contributed by atoms with Crippen LogP contribution in [0, 0.1) is 11.8 Å². The van der Waals surface area contributed by atoms with Crippen molar-refractivity contribution < 1.29 is 9.90 Å². The summed E-state index contributed by atoms with van der Waals surface area (Å²) in [7, 11) is 0. The van der Waals surface area contributed by atoms with Crippen LogP contribution in [0.3, 0.4) is 0 Å². The molecule has 2 atom stereocenters. The number of hydrogen-bond acceptors (Lipinski definition) is 4. The van der Waals surface area contributed by atoms with E-state index in [9.17, 15) is 9.90 Å². The predicted octanol–water partition coefficient (Wildman–Crippen LogP) is 1.66. The number of rotatable bonds is 4. The van der Waals surface area contributed by atoms with Crippen LogP contribution in [0.5, 0.6) is 0 Å². The fourth-order valence-electron chi connectivity index (χ4n) is 2.54. The SMILES string of the molecule is O=C(NCC1CCCCC1CO)c1cnc(Cl)cn1. The topological polar surface area (TPSA) is 75.1 Å². The van der Waals surface area contributed by atoms with Crippen LogP contribution in [0.2, 0.25) is 5.15 Å². The van der Waals surface area contributed by atoms with Crippen LogP contribution >= 0.6 is 11.6 Å². The van der Waals surface area contributed by atoms with E-state index in [4.69, 9.17) is 11.6 Å². The van der Waals surface area contributed by atoms with Gasteiger partial charge in [-0.15, -0.1) is 0 Å². The highest BCUT2D eigenvalue weighted by Gasteiger charge is 2.24. The number of hydrogen-bond donors (Lipinski definition) is 2. The number of nitrogens with zero attached hydrogens (tertiary/aromatic N) is 2. The van der Waals surface area contributed by atoms with Gasteiger partial charge in [0.25, 0.3) is 5.91 Å². The first-order valence-corrected chi connectivity index (χ1v) is 6.95. The lowest BCUT2D eigenvalue weighted by molar-refractivity contribution is 0.0904. The van der Waals surface area contributed by atoms with Crippen LogP contribution in [0.15, 0.2) is 12.4 Å². The summed E-state index contributed by atoms with van der Waals surface area (Å²) in [6.45, 7) is 0.773. The Morgan fingerprint density at radius 3 is 2.68 bits per heavy atom. The number of carbonyl (C=O) groups is 1. The summed E-state index contributed by atoms with van der Waals surface area (Å²) < 4.78 is 0. The second-order valence-corrected chi connectivity index (χ2v) is 5.31. The van der Waals surface area contributed by atoms with Crippen molar-refractivity contribution in [1.82, 2.24) is 15.3 Å². The van der Waals surface area contributed by atoms with E-state index in [1.54, 1.807) is 0 Å². The molecule has 19 heavy (non-hydrogen) atoms. The minimum absolute atomic E-state index is 0.196. The minimum atomic E-state index is -0.244. The highest BCUT2D eigenvalue weighted by molar-refractivity contribution is 6.29. The highest BCUT2D eigenvalue weighted by atomic mass is 35.5. The van der Waals surface area contributed by atoms with E-state index in [2.05, 4.69) is 15.3 Å². The Balaban J connectivity index is 1.87. The summed E-state index contributed by atoms with van der Waals surface area (Å²) in [4.78, 5) is 19.6. The van der Waals surface area contributed by atoms with E-state index in [0.29, 0.717) is 18.4 Å². The van der Waals surface area contributed by atoms with Crippen molar-refractivity contribution in [2.75, 3.05) is 13.2 Å². The third-order valence-corrected chi connectivity index (χ3v) is 3.87. The van der Waals surface area contributed by atoms with Gasteiger partial charge in [0, 0.05) is 13.2 Å². The molecular weight excluding hydrogens is 266 g/mol. The molecule has 104 valence electrons. The molecule has 1 fully saturated rings. The van der Waals surface area contributed by atoms with Crippen LogP contribution in [-0.4, -0.2) is 34.1 Å². The Bertz CT molecular complexity index is 424. The molecule has 1 saturated carbocycles. The zero-order valence-electron chi connectivity index (χ0n) is 10.7. The average Bonchev–Trinajstić information content (AvgIpc) is 2.45. The van der Waals surface area contributed by atoms with Crippen molar-refractivity contribution in [3.8, 4) is 0 Å². The first kappa shape index (κ1) is 14.2. The summed E-state index contributed by atoms with van der Waals surface area (Å²) in [5, 5.41) is 12.4. The van der Waals surface area contributed by atoms with Gasteiger partial charge in [-0.2, -0.15) is 0 Å². The van der Waals surface area contributed by atoms with Crippen molar-refractivity contribution in [3.63, 3.8) is 0 Å². The molecule has 0 aliphatic heterocycles. The molecule has 0 aromatic carbocycles. The van der Waals surface area contributed by atoms with Crippen molar-refractivity contribution >= 4 is 17.5 Å². The number of aliphatic hydroxyl groups excluding tert-OH is 1. The largest absolute Gasteiger partial charge is 0.396 e. The van der Waals surface area contributed by atoms with Crippen molar-refractivity contribution in [2.45, 2.75) is 25.7 Å². The van der Waals surface area contributed by atoms with Crippen LogP contribution in [-0.2, 0) is 0 Å². The molecule has 1 aromatic heterocycles. The van der Waals surface area contributed by atoms with Crippen LogP contribution in [0.1, 0.15) is 36.2 Å². The monoisotopic (exact) mass is 283 g/mol. The second-order valence-electron chi connectivity index (χ2n) is 4.92. The van der Waals surface area contributed by atoms with Gasteiger partial charge < -0.3 is 10.4 Å². The van der Waals surface area contributed by atoms with Gasteiger partial charge in [0.2, 0.25) is 0 Å². The third kappa shape index (κ3) is 3.88. The number of carbonyl (C=O) groups excluding carboxylic acids is 1. The van der Waals surface area contributed by atoms with Crippen LogP contribution in [0.4, 0.5) is 0 Å². The lowest BCUT2D eigenvalue weighted by atomic mass is 9.79. The van der Waals surface area contributed by atoms with E-state index >= 15 is 0 Å². The van der Waals surface area contributed by atoms with E-state index in [0.717, 1.165) is 19.3 Å². The Kier molecular flexibility index (Phi) is 5.10. The summed E-state index contributed by atoms with van der Waals surface area (Å²) in [5.41, 5.74) is 0.265. The summed E-state index contributed by atoms with van der Waals surface area (Å²) in [6, 6.07) is 0. The smallest absolute Gasteiger partial charge is 0.271 e. The maximum Gasteiger partial charge on any atom is 0.271 e. The van der Waals surface area contributed by atoms with Crippen molar-refractivity contribution in [3.05, 3.63) is 23.2 Å². The first-order chi connectivity index (χ1) is 9.20. The molecule has 6 heteroatoms. The number of nitrogens with one attached hydrogen (secondary N) is 1. The Labute approximate surface area is 117 Å². The molecule has 5 nitrogen and oxygen atoms in total. The fourth-order valence-corrected chi connectivity index (χ4v) is 2.64.